The molecular formula is C14H23N3. The Morgan fingerprint density at radius 1 is 1.47 bits per heavy atom. The summed E-state index contributed by atoms with van der Waals surface area (Å²) in [6.45, 7) is 7.62. The van der Waals surface area contributed by atoms with Crippen molar-refractivity contribution in [3.63, 3.8) is 0 Å². The Kier molecular flexibility index (Phi) is 4.37. The Bertz CT molecular complexity index is 351. The first-order valence-corrected chi connectivity index (χ1v) is 6.72. The minimum Gasteiger partial charge on any atom is -0.352 e. The van der Waals surface area contributed by atoms with Gasteiger partial charge in [0.25, 0.3) is 0 Å². The molecule has 94 valence electrons. The Labute approximate surface area is 104 Å². The van der Waals surface area contributed by atoms with Crippen molar-refractivity contribution in [2.75, 3.05) is 24.5 Å². The fourth-order valence-corrected chi connectivity index (χ4v) is 2.48. The van der Waals surface area contributed by atoms with Gasteiger partial charge in [-0.2, -0.15) is 0 Å². The van der Waals surface area contributed by atoms with E-state index >= 15 is 0 Å². The van der Waals surface area contributed by atoms with Gasteiger partial charge >= 0.3 is 0 Å². The fraction of sp³-hybridized carbons (Fsp3) is 0.643. The van der Waals surface area contributed by atoms with Crippen molar-refractivity contribution >= 4 is 5.82 Å². The number of rotatable bonds is 5. The topological polar surface area (TPSA) is 28.2 Å². The summed E-state index contributed by atoms with van der Waals surface area (Å²) >= 11 is 0. The van der Waals surface area contributed by atoms with Crippen LogP contribution >= 0.6 is 0 Å². The molecule has 0 aliphatic carbocycles. The molecule has 0 bridgehead atoms. The molecule has 1 aliphatic heterocycles. The summed E-state index contributed by atoms with van der Waals surface area (Å²) in [6.07, 6.45) is 3.77. The standard InChI is InChI=1S/C14H23N3/c1-3-9-15-11-13-7-5-10-17(13)14-8-4-6-12(2)16-14/h4,6,8,13,15H,3,5,7,9-11H2,1-2H3. The molecule has 0 amide bonds. The number of anilines is 1. The van der Waals surface area contributed by atoms with Crippen LogP contribution in [-0.4, -0.2) is 30.7 Å². The van der Waals surface area contributed by atoms with Crippen LogP contribution in [0.3, 0.4) is 0 Å². The summed E-state index contributed by atoms with van der Waals surface area (Å²) in [5.74, 6) is 1.14. The molecule has 0 saturated carbocycles. The second-order valence-electron chi connectivity index (χ2n) is 4.83. The number of pyridine rings is 1. The van der Waals surface area contributed by atoms with E-state index in [4.69, 9.17) is 0 Å². The number of hydrogen-bond donors (Lipinski definition) is 1. The summed E-state index contributed by atoms with van der Waals surface area (Å²) in [6, 6.07) is 6.91. The van der Waals surface area contributed by atoms with Crippen molar-refractivity contribution in [2.45, 2.75) is 39.2 Å². The predicted octanol–water partition coefficient (Wildman–Crippen LogP) is 2.36. The van der Waals surface area contributed by atoms with E-state index < -0.39 is 0 Å². The number of nitrogens with one attached hydrogen (secondary N) is 1. The molecule has 3 nitrogen and oxygen atoms in total. The van der Waals surface area contributed by atoms with E-state index in [-0.39, 0.29) is 0 Å². The third-order valence-electron chi connectivity index (χ3n) is 3.35. The van der Waals surface area contributed by atoms with E-state index in [1.165, 1.54) is 19.3 Å². The lowest BCUT2D eigenvalue weighted by molar-refractivity contribution is 0.568. The number of aryl methyl sites for hydroxylation is 1. The predicted molar refractivity (Wildman–Crippen MR) is 72.5 cm³/mol. The van der Waals surface area contributed by atoms with Gasteiger partial charge in [0, 0.05) is 24.8 Å². The molecule has 1 aromatic rings. The van der Waals surface area contributed by atoms with E-state index in [9.17, 15) is 0 Å². The SMILES string of the molecule is CCCNCC1CCCN1c1cccc(C)n1. The van der Waals surface area contributed by atoms with Gasteiger partial charge in [-0.1, -0.05) is 13.0 Å². The van der Waals surface area contributed by atoms with Crippen LogP contribution in [0, 0.1) is 6.92 Å². The van der Waals surface area contributed by atoms with Gasteiger partial charge in [-0.05, 0) is 44.9 Å². The Balaban J connectivity index is 1.99. The monoisotopic (exact) mass is 233 g/mol. The number of nitrogens with zero attached hydrogens (tertiary/aromatic N) is 2. The first-order chi connectivity index (χ1) is 8.31. The molecule has 17 heavy (non-hydrogen) atoms. The Morgan fingerprint density at radius 2 is 2.35 bits per heavy atom. The van der Waals surface area contributed by atoms with Gasteiger partial charge < -0.3 is 10.2 Å². The van der Waals surface area contributed by atoms with Crippen LogP contribution in [0.1, 0.15) is 31.9 Å². The smallest absolute Gasteiger partial charge is 0.129 e. The van der Waals surface area contributed by atoms with E-state index in [2.05, 4.69) is 47.2 Å². The second kappa shape index (κ2) is 6.01. The average molecular weight is 233 g/mol. The van der Waals surface area contributed by atoms with Crippen LogP contribution in [-0.2, 0) is 0 Å². The zero-order chi connectivity index (χ0) is 12.1. The lowest BCUT2D eigenvalue weighted by Crippen LogP contribution is -2.38. The highest BCUT2D eigenvalue weighted by Gasteiger charge is 2.24. The first-order valence-electron chi connectivity index (χ1n) is 6.72. The molecular weight excluding hydrogens is 210 g/mol. The molecule has 1 fully saturated rings. The lowest BCUT2D eigenvalue weighted by Gasteiger charge is -2.26. The molecule has 0 aromatic carbocycles. The molecule has 1 N–H and O–H groups in total. The van der Waals surface area contributed by atoms with Crippen molar-refractivity contribution in [2.24, 2.45) is 0 Å². The van der Waals surface area contributed by atoms with Crippen molar-refractivity contribution < 1.29 is 0 Å². The summed E-state index contributed by atoms with van der Waals surface area (Å²) in [7, 11) is 0. The highest BCUT2D eigenvalue weighted by atomic mass is 15.2. The van der Waals surface area contributed by atoms with Crippen molar-refractivity contribution in [1.29, 1.82) is 0 Å². The Morgan fingerprint density at radius 3 is 3.12 bits per heavy atom. The van der Waals surface area contributed by atoms with Gasteiger partial charge in [-0.3, -0.25) is 0 Å². The molecule has 0 radical (unpaired) electrons. The highest BCUT2D eigenvalue weighted by Crippen LogP contribution is 2.23. The van der Waals surface area contributed by atoms with Gasteiger partial charge in [0.15, 0.2) is 0 Å². The van der Waals surface area contributed by atoms with E-state index in [0.29, 0.717) is 6.04 Å². The minimum atomic E-state index is 0.621. The van der Waals surface area contributed by atoms with E-state index in [1.54, 1.807) is 0 Å². The summed E-state index contributed by atoms with van der Waals surface area (Å²) < 4.78 is 0. The third-order valence-corrected chi connectivity index (χ3v) is 3.35. The molecule has 1 unspecified atom stereocenters. The molecule has 1 atom stereocenters. The molecule has 2 rings (SSSR count). The van der Waals surface area contributed by atoms with Gasteiger partial charge in [-0.15, -0.1) is 0 Å². The molecule has 1 saturated heterocycles. The lowest BCUT2D eigenvalue weighted by atomic mass is 10.2. The third kappa shape index (κ3) is 3.19. The van der Waals surface area contributed by atoms with Gasteiger partial charge in [-0.25, -0.2) is 4.98 Å². The van der Waals surface area contributed by atoms with Crippen molar-refractivity contribution in [1.82, 2.24) is 10.3 Å². The first kappa shape index (κ1) is 12.4. The minimum absolute atomic E-state index is 0.621. The zero-order valence-corrected chi connectivity index (χ0v) is 10.9. The van der Waals surface area contributed by atoms with Crippen LogP contribution in [0.5, 0.6) is 0 Å². The quantitative estimate of drug-likeness (QED) is 0.791. The van der Waals surface area contributed by atoms with E-state index in [0.717, 1.165) is 31.1 Å². The fourth-order valence-electron chi connectivity index (χ4n) is 2.48. The maximum atomic E-state index is 4.63. The summed E-state index contributed by atoms with van der Waals surface area (Å²) in [5.41, 5.74) is 1.11. The molecule has 3 heteroatoms. The van der Waals surface area contributed by atoms with E-state index in [1.807, 2.05) is 0 Å². The van der Waals surface area contributed by atoms with Gasteiger partial charge in [0.1, 0.15) is 5.82 Å². The largest absolute Gasteiger partial charge is 0.352 e. The van der Waals surface area contributed by atoms with Crippen LogP contribution in [0.2, 0.25) is 0 Å². The molecule has 1 aliphatic rings. The maximum absolute atomic E-state index is 4.63. The highest BCUT2D eigenvalue weighted by molar-refractivity contribution is 5.41. The molecule has 0 spiro atoms. The number of hydrogen-bond acceptors (Lipinski definition) is 3. The number of aromatic nitrogens is 1. The molecule has 2 heterocycles. The van der Waals surface area contributed by atoms with Crippen LogP contribution in [0.15, 0.2) is 18.2 Å². The molecule has 1 aromatic heterocycles. The maximum Gasteiger partial charge on any atom is 0.129 e. The van der Waals surface area contributed by atoms with Crippen LogP contribution in [0.4, 0.5) is 5.82 Å². The van der Waals surface area contributed by atoms with Crippen molar-refractivity contribution in [3.8, 4) is 0 Å². The zero-order valence-electron chi connectivity index (χ0n) is 10.9. The Hall–Kier alpha value is -1.09. The van der Waals surface area contributed by atoms with Crippen molar-refractivity contribution in [3.05, 3.63) is 23.9 Å². The van der Waals surface area contributed by atoms with Crippen LogP contribution < -0.4 is 10.2 Å². The average Bonchev–Trinajstić information content (AvgIpc) is 2.78. The van der Waals surface area contributed by atoms with Gasteiger partial charge in [0.05, 0.1) is 0 Å². The van der Waals surface area contributed by atoms with Gasteiger partial charge in [0.2, 0.25) is 0 Å². The second-order valence-corrected chi connectivity index (χ2v) is 4.83. The normalized spacial score (nSPS) is 19.9. The summed E-state index contributed by atoms with van der Waals surface area (Å²) in [5, 5.41) is 3.52. The van der Waals surface area contributed by atoms with Crippen LogP contribution in [0.25, 0.3) is 0 Å². The summed E-state index contributed by atoms with van der Waals surface area (Å²) in [4.78, 5) is 7.09.